The molecule has 15 heavy (non-hydrogen) atoms. The van der Waals surface area contributed by atoms with E-state index < -0.39 is 0 Å². The number of hydrogen-bond acceptors (Lipinski definition) is 5. The predicted octanol–water partition coefficient (Wildman–Crippen LogP) is 0.509. The molecule has 1 heterocycles. The van der Waals surface area contributed by atoms with Crippen molar-refractivity contribution < 1.29 is 0 Å². The molecule has 0 saturated heterocycles. The van der Waals surface area contributed by atoms with Gasteiger partial charge in [-0.15, -0.1) is 0 Å². The highest BCUT2D eigenvalue weighted by atomic mass is 15.1. The Morgan fingerprint density at radius 2 is 2.33 bits per heavy atom. The molecule has 0 aliphatic rings. The van der Waals surface area contributed by atoms with E-state index in [1.807, 2.05) is 20.2 Å². The number of nitrogen functional groups attached to an aromatic ring is 1. The molecular formula is C10H15N5. The van der Waals surface area contributed by atoms with Crippen LogP contribution in [-0.2, 0) is 0 Å². The molecule has 0 atom stereocenters. The quantitative estimate of drug-likeness (QED) is 0.748. The van der Waals surface area contributed by atoms with E-state index in [0.717, 1.165) is 13.1 Å². The zero-order valence-corrected chi connectivity index (χ0v) is 8.99. The average molecular weight is 205 g/mol. The number of nitrogens with two attached hydrogens (primary N) is 1. The number of anilines is 2. The lowest BCUT2D eigenvalue weighted by molar-refractivity contribution is 0.425. The Morgan fingerprint density at radius 1 is 1.60 bits per heavy atom. The van der Waals surface area contributed by atoms with Crippen LogP contribution in [0.1, 0.15) is 5.56 Å². The Balaban J connectivity index is 2.59. The zero-order valence-electron chi connectivity index (χ0n) is 8.99. The first-order valence-electron chi connectivity index (χ1n) is 4.67. The van der Waals surface area contributed by atoms with Crippen LogP contribution in [-0.4, -0.2) is 37.1 Å². The number of likely N-dealkylation sites (N-methyl/N-ethyl adjacent to an activating group) is 1. The van der Waals surface area contributed by atoms with Crippen LogP contribution < -0.4 is 11.1 Å². The second-order valence-corrected chi connectivity index (χ2v) is 3.50. The molecule has 0 aromatic carbocycles. The molecule has 5 heteroatoms. The van der Waals surface area contributed by atoms with E-state index in [1.165, 1.54) is 6.20 Å². The summed E-state index contributed by atoms with van der Waals surface area (Å²) in [6, 6.07) is 3.61. The van der Waals surface area contributed by atoms with Crippen LogP contribution in [0.4, 0.5) is 11.5 Å². The maximum absolute atomic E-state index is 8.63. The second kappa shape index (κ2) is 5.17. The van der Waals surface area contributed by atoms with E-state index in [4.69, 9.17) is 11.0 Å². The fraction of sp³-hybridized carbons (Fsp3) is 0.400. The molecule has 0 aliphatic carbocycles. The molecule has 0 amide bonds. The third-order valence-electron chi connectivity index (χ3n) is 1.90. The molecule has 3 N–H and O–H groups in total. The Hall–Kier alpha value is -1.80. The summed E-state index contributed by atoms with van der Waals surface area (Å²) < 4.78 is 0. The molecule has 0 unspecified atom stereocenters. The monoisotopic (exact) mass is 205 g/mol. The van der Waals surface area contributed by atoms with Gasteiger partial charge < -0.3 is 16.0 Å². The molecule has 0 aliphatic heterocycles. The Morgan fingerprint density at radius 3 is 2.87 bits per heavy atom. The standard InChI is InChI=1S/C10H15N5/c1-15(2)4-3-13-10-9(12)5-8(6-11)7-14-10/h5,7H,3-4,12H2,1-2H3,(H,13,14). The first-order chi connectivity index (χ1) is 7.13. The van der Waals surface area contributed by atoms with Crippen LogP contribution in [0.15, 0.2) is 12.3 Å². The fourth-order valence-electron chi connectivity index (χ4n) is 1.09. The zero-order chi connectivity index (χ0) is 11.3. The van der Waals surface area contributed by atoms with Crippen molar-refractivity contribution in [1.82, 2.24) is 9.88 Å². The molecule has 1 aromatic rings. The predicted molar refractivity (Wildman–Crippen MR) is 60.4 cm³/mol. The summed E-state index contributed by atoms with van der Waals surface area (Å²) in [5.74, 6) is 0.635. The smallest absolute Gasteiger partial charge is 0.149 e. The minimum atomic E-state index is 0.477. The molecule has 5 nitrogen and oxygen atoms in total. The highest BCUT2D eigenvalue weighted by molar-refractivity contribution is 5.62. The van der Waals surface area contributed by atoms with Crippen molar-refractivity contribution in [2.24, 2.45) is 0 Å². The van der Waals surface area contributed by atoms with Gasteiger partial charge in [0.05, 0.1) is 11.3 Å². The fourth-order valence-corrected chi connectivity index (χ4v) is 1.09. The van der Waals surface area contributed by atoms with Gasteiger partial charge in [0, 0.05) is 19.3 Å². The van der Waals surface area contributed by atoms with Crippen LogP contribution >= 0.6 is 0 Å². The van der Waals surface area contributed by atoms with E-state index in [9.17, 15) is 0 Å². The summed E-state index contributed by atoms with van der Waals surface area (Å²) in [7, 11) is 3.99. The average Bonchev–Trinajstić information content (AvgIpc) is 2.20. The third kappa shape index (κ3) is 3.44. The van der Waals surface area contributed by atoms with Crippen molar-refractivity contribution in [3.63, 3.8) is 0 Å². The highest BCUT2D eigenvalue weighted by Crippen LogP contribution is 2.15. The highest BCUT2D eigenvalue weighted by Gasteiger charge is 2.01. The van der Waals surface area contributed by atoms with E-state index in [-0.39, 0.29) is 0 Å². The molecule has 80 valence electrons. The number of aromatic nitrogens is 1. The van der Waals surface area contributed by atoms with Crippen LogP contribution in [0.25, 0.3) is 0 Å². The van der Waals surface area contributed by atoms with E-state index >= 15 is 0 Å². The summed E-state index contributed by atoms with van der Waals surface area (Å²) in [5, 5.41) is 11.7. The first kappa shape index (κ1) is 11.3. The molecule has 1 aromatic heterocycles. The van der Waals surface area contributed by atoms with Crippen LogP contribution in [0, 0.1) is 11.3 Å². The summed E-state index contributed by atoms with van der Waals surface area (Å²) >= 11 is 0. The summed E-state index contributed by atoms with van der Waals surface area (Å²) in [6.07, 6.45) is 1.51. The minimum absolute atomic E-state index is 0.477. The molecule has 0 radical (unpaired) electrons. The van der Waals surface area contributed by atoms with E-state index in [1.54, 1.807) is 6.07 Å². The number of hydrogen-bond donors (Lipinski definition) is 2. The second-order valence-electron chi connectivity index (χ2n) is 3.50. The third-order valence-corrected chi connectivity index (χ3v) is 1.90. The molecule has 0 saturated carbocycles. The number of pyridine rings is 1. The lowest BCUT2D eigenvalue weighted by atomic mass is 10.3. The normalized spacial score (nSPS) is 10.0. The largest absolute Gasteiger partial charge is 0.396 e. The lowest BCUT2D eigenvalue weighted by Gasteiger charge is -2.11. The minimum Gasteiger partial charge on any atom is -0.396 e. The van der Waals surface area contributed by atoms with Crippen molar-refractivity contribution in [1.29, 1.82) is 5.26 Å². The van der Waals surface area contributed by atoms with Gasteiger partial charge in [0.25, 0.3) is 0 Å². The van der Waals surface area contributed by atoms with Gasteiger partial charge in [0.1, 0.15) is 11.9 Å². The van der Waals surface area contributed by atoms with Gasteiger partial charge in [-0.1, -0.05) is 0 Å². The molecule has 1 rings (SSSR count). The first-order valence-corrected chi connectivity index (χ1v) is 4.67. The molecular weight excluding hydrogens is 190 g/mol. The summed E-state index contributed by atoms with van der Waals surface area (Å²) in [6.45, 7) is 1.68. The van der Waals surface area contributed by atoms with Crippen molar-refractivity contribution in [3.05, 3.63) is 17.8 Å². The summed E-state index contributed by atoms with van der Waals surface area (Å²) in [4.78, 5) is 6.13. The lowest BCUT2D eigenvalue weighted by Crippen LogP contribution is -2.21. The van der Waals surface area contributed by atoms with Gasteiger partial charge in [-0.05, 0) is 20.2 Å². The maximum Gasteiger partial charge on any atom is 0.149 e. The van der Waals surface area contributed by atoms with E-state index in [0.29, 0.717) is 17.1 Å². The van der Waals surface area contributed by atoms with Crippen molar-refractivity contribution >= 4 is 11.5 Å². The van der Waals surface area contributed by atoms with Gasteiger partial charge in [-0.2, -0.15) is 5.26 Å². The Labute approximate surface area is 89.5 Å². The van der Waals surface area contributed by atoms with Crippen LogP contribution in [0.2, 0.25) is 0 Å². The molecule has 0 spiro atoms. The van der Waals surface area contributed by atoms with Gasteiger partial charge in [0.2, 0.25) is 0 Å². The SMILES string of the molecule is CN(C)CCNc1ncc(C#N)cc1N. The van der Waals surface area contributed by atoms with Crippen molar-refractivity contribution in [3.8, 4) is 6.07 Å². The molecule has 0 fully saturated rings. The van der Waals surface area contributed by atoms with Gasteiger partial charge in [0.15, 0.2) is 0 Å². The van der Waals surface area contributed by atoms with Gasteiger partial charge >= 0.3 is 0 Å². The Bertz CT molecular complexity index is 367. The van der Waals surface area contributed by atoms with Crippen LogP contribution in [0.3, 0.4) is 0 Å². The molecule has 0 bridgehead atoms. The summed E-state index contributed by atoms with van der Waals surface area (Å²) in [5.41, 5.74) is 6.71. The number of nitrogens with zero attached hydrogens (tertiary/aromatic N) is 3. The van der Waals surface area contributed by atoms with Gasteiger partial charge in [-0.3, -0.25) is 0 Å². The maximum atomic E-state index is 8.63. The van der Waals surface area contributed by atoms with Crippen molar-refractivity contribution in [2.75, 3.05) is 38.2 Å². The number of nitriles is 1. The topological polar surface area (TPSA) is 78.0 Å². The van der Waals surface area contributed by atoms with Crippen molar-refractivity contribution in [2.45, 2.75) is 0 Å². The van der Waals surface area contributed by atoms with Crippen LogP contribution in [0.5, 0.6) is 0 Å². The van der Waals surface area contributed by atoms with E-state index in [2.05, 4.69) is 15.2 Å². The Kier molecular flexibility index (Phi) is 3.89. The number of rotatable bonds is 4. The van der Waals surface area contributed by atoms with Gasteiger partial charge in [-0.25, -0.2) is 4.98 Å². The number of nitrogens with one attached hydrogen (secondary N) is 1.